The van der Waals surface area contributed by atoms with Crippen molar-refractivity contribution >= 4 is 11.9 Å². The van der Waals surface area contributed by atoms with E-state index in [0.29, 0.717) is 6.54 Å². The molecule has 0 bridgehead atoms. The van der Waals surface area contributed by atoms with Gasteiger partial charge in [0, 0.05) is 24.7 Å². The number of amides is 1. The SMILES string of the molecule is CC(C(=O)O)=C(C)C(=O)N(C)Cc1ccccc1. The van der Waals surface area contributed by atoms with Crippen LogP contribution in [0.5, 0.6) is 0 Å². The summed E-state index contributed by atoms with van der Waals surface area (Å²) in [5.41, 5.74) is 1.36. The van der Waals surface area contributed by atoms with E-state index in [1.165, 1.54) is 18.7 Å². The first kappa shape index (κ1) is 14.0. The van der Waals surface area contributed by atoms with Gasteiger partial charge >= 0.3 is 5.97 Å². The number of carboxylic acids is 1. The Bertz CT molecular complexity index is 477. The van der Waals surface area contributed by atoms with E-state index in [1.54, 1.807) is 7.05 Å². The molecule has 0 aliphatic heterocycles. The second kappa shape index (κ2) is 6.00. The van der Waals surface area contributed by atoms with Gasteiger partial charge in [-0.3, -0.25) is 4.79 Å². The van der Waals surface area contributed by atoms with Gasteiger partial charge in [0.2, 0.25) is 5.91 Å². The first-order valence-electron chi connectivity index (χ1n) is 5.63. The fourth-order valence-electron chi connectivity index (χ4n) is 1.54. The molecule has 18 heavy (non-hydrogen) atoms. The Kier molecular flexibility index (Phi) is 4.66. The van der Waals surface area contributed by atoms with Crippen LogP contribution >= 0.6 is 0 Å². The van der Waals surface area contributed by atoms with E-state index < -0.39 is 5.97 Å². The monoisotopic (exact) mass is 247 g/mol. The van der Waals surface area contributed by atoms with Gasteiger partial charge in [-0.25, -0.2) is 4.79 Å². The summed E-state index contributed by atoms with van der Waals surface area (Å²) in [6.45, 7) is 3.43. The summed E-state index contributed by atoms with van der Waals surface area (Å²) in [5.74, 6) is -1.33. The van der Waals surface area contributed by atoms with E-state index >= 15 is 0 Å². The number of carbonyl (C=O) groups excluding carboxylic acids is 1. The average molecular weight is 247 g/mol. The molecule has 0 aliphatic carbocycles. The van der Waals surface area contributed by atoms with E-state index in [9.17, 15) is 9.59 Å². The molecule has 0 saturated carbocycles. The second-order valence-corrected chi connectivity index (χ2v) is 4.20. The third kappa shape index (κ3) is 3.45. The molecular formula is C14H17NO3. The van der Waals surface area contributed by atoms with Crippen molar-refractivity contribution in [3.8, 4) is 0 Å². The minimum atomic E-state index is -1.06. The highest BCUT2D eigenvalue weighted by Gasteiger charge is 2.16. The molecule has 1 rings (SSSR count). The van der Waals surface area contributed by atoms with Crippen LogP contribution in [0.25, 0.3) is 0 Å². The number of nitrogens with zero attached hydrogens (tertiary/aromatic N) is 1. The minimum absolute atomic E-state index is 0.0833. The Hall–Kier alpha value is -2.10. The van der Waals surface area contributed by atoms with Crippen molar-refractivity contribution in [3.63, 3.8) is 0 Å². The maximum Gasteiger partial charge on any atom is 0.331 e. The van der Waals surface area contributed by atoms with E-state index in [2.05, 4.69) is 0 Å². The predicted molar refractivity (Wildman–Crippen MR) is 68.9 cm³/mol. The predicted octanol–water partition coefficient (Wildman–Crippen LogP) is 2.07. The lowest BCUT2D eigenvalue weighted by Crippen LogP contribution is -2.28. The fraction of sp³-hybridized carbons (Fsp3) is 0.286. The van der Waals surface area contributed by atoms with Crippen molar-refractivity contribution in [1.82, 2.24) is 4.90 Å². The van der Waals surface area contributed by atoms with Gasteiger partial charge in [0.15, 0.2) is 0 Å². The van der Waals surface area contributed by atoms with Crippen molar-refractivity contribution in [2.24, 2.45) is 0 Å². The maximum atomic E-state index is 12.0. The first-order chi connectivity index (χ1) is 8.43. The van der Waals surface area contributed by atoms with Crippen molar-refractivity contribution in [2.45, 2.75) is 20.4 Å². The minimum Gasteiger partial charge on any atom is -0.478 e. The highest BCUT2D eigenvalue weighted by molar-refractivity contribution is 6.01. The average Bonchev–Trinajstić information content (AvgIpc) is 2.37. The van der Waals surface area contributed by atoms with Crippen LogP contribution in [0, 0.1) is 0 Å². The second-order valence-electron chi connectivity index (χ2n) is 4.20. The molecule has 0 radical (unpaired) electrons. The van der Waals surface area contributed by atoms with Crippen LogP contribution in [0.1, 0.15) is 19.4 Å². The summed E-state index contributed by atoms with van der Waals surface area (Å²) in [7, 11) is 1.66. The van der Waals surface area contributed by atoms with E-state index in [4.69, 9.17) is 5.11 Å². The third-order valence-electron chi connectivity index (χ3n) is 2.81. The summed E-state index contributed by atoms with van der Waals surface area (Å²) >= 11 is 0. The maximum absolute atomic E-state index is 12.0. The smallest absolute Gasteiger partial charge is 0.331 e. The highest BCUT2D eigenvalue weighted by atomic mass is 16.4. The lowest BCUT2D eigenvalue weighted by Gasteiger charge is -2.18. The van der Waals surface area contributed by atoms with Gasteiger partial charge in [-0.1, -0.05) is 30.3 Å². The van der Waals surface area contributed by atoms with Crippen LogP contribution < -0.4 is 0 Å². The van der Waals surface area contributed by atoms with Gasteiger partial charge in [-0.05, 0) is 19.4 Å². The molecule has 4 nitrogen and oxygen atoms in total. The zero-order valence-electron chi connectivity index (χ0n) is 10.8. The Labute approximate surface area is 107 Å². The standard InChI is InChI=1S/C14H17NO3/c1-10(11(2)14(17)18)13(16)15(3)9-12-7-5-4-6-8-12/h4-8H,9H2,1-3H3,(H,17,18). The molecule has 1 aromatic carbocycles. The van der Waals surface area contributed by atoms with Crippen LogP contribution in [0.3, 0.4) is 0 Å². The molecule has 4 heteroatoms. The normalized spacial score (nSPS) is 11.7. The molecular weight excluding hydrogens is 230 g/mol. The summed E-state index contributed by atoms with van der Waals surface area (Å²) in [6.07, 6.45) is 0. The molecule has 0 aromatic heterocycles. The molecule has 1 N–H and O–H groups in total. The van der Waals surface area contributed by atoms with E-state index in [-0.39, 0.29) is 17.1 Å². The topological polar surface area (TPSA) is 57.6 Å². The number of likely N-dealkylation sites (N-methyl/N-ethyl adjacent to an activating group) is 1. The molecule has 0 aliphatic rings. The number of carboxylic acid groups (broad SMARTS) is 1. The van der Waals surface area contributed by atoms with Crippen molar-refractivity contribution in [1.29, 1.82) is 0 Å². The molecule has 0 fully saturated rings. The number of carbonyl (C=O) groups is 2. The van der Waals surface area contributed by atoms with E-state index in [0.717, 1.165) is 5.56 Å². The molecule has 0 heterocycles. The molecule has 96 valence electrons. The lowest BCUT2D eigenvalue weighted by molar-refractivity contribution is -0.133. The Morgan fingerprint density at radius 3 is 2.17 bits per heavy atom. The number of hydrogen-bond acceptors (Lipinski definition) is 2. The highest BCUT2D eigenvalue weighted by Crippen LogP contribution is 2.10. The van der Waals surface area contributed by atoms with Gasteiger partial charge in [0.25, 0.3) is 0 Å². The first-order valence-corrected chi connectivity index (χ1v) is 5.63. The van der Waals surface area contributed by atoms with Crippen LogP contribution in [-0.4, -0.2) is 28.9 Å². The van der Waals surface area contributed by atoms with Crippen LogP contribution in [-0.2, 0) is 16.1 Å². The molecule has 0 atom stereocenters. The molecule has 0 saturated heterocycles. The number of rotatable bonds is 4. The van der Waals surface area contributed by atoms with Gasteiger partial charge in [0.05, 0.1) is 0 Å². The zero-order chi connectivity index (χ0) is 13.7. The van der Waals surface area contributed by atoms with Gasteiger partial charge in [-0.15, -0.1) is 0 Å². The molecule has 0 unspecified atom stereocenters. The quantitative estimate of drug-likeness (QED) is 0.828. The molecule has 0 spiro atoms. The molecule has 1 aromatic rings. The number of hydrogen-bond donors (Lipinski definition) is 1. The lowest BCUT2D eigenvalue weighted by atomic mass is 10.1. The van der Waals surface area contributed by atoms with Gasteiger partial charge < -0.3 is 10.0 Å². The molecule has 1 amide bonds. The summed E-state index contributed by atoms with van der Waals surface area (Å²) in [6, 6.07) is 9.56. The number of aliphatic carboxylic acids is 1. The van der Waals surface area contributed by atoms with Crippen molar-refractivity contribution < 1.29 is 14.7 Å². The summed E-state index contributed by atoms with van der Waals surface area (Å²) in [5, 5.41) is 8.84. The number of benzene rings is 1. The van der Waals surface area contributed by atoms with Crippen LogP contribution in [0.4, 0.5) is 0 Å². The Morgan fingerprint density at radius 2 is 1.67 bits per heavy atom. The van der Waals surface area contributed by atoms with Crippen LogP contribution in [0.2, 0.25) is 0 Å². The van der Waals surface area contributed by atoms with Crippen molar-refractivity contribution in [3.05, 3.63) is 47.0 Å². The van der Waals surface area contributed by atoms with Gasteiger partial charge in [-0.2, -0.15) is 0 Å². The zero-order valence-corrected chi connectivity index (χ0v) is 10.8. The van der Waals surface area contributed by atoms with Crippen molar-refractivity contribution in [2.75, 3.05) is 7.05 Å². The van der Waals surface area contributed by atoms with Gasteiger partial charge in [0.1, 0.15) is 0 Å². The largest absolute Gasteiger partial charge is 0.478 e. The van der Waals surface area contributed by atoms with E-state index in [1.807, 2.05) is 30.3 Å². The Balaban J connectivity index is 2.80. The van der Waals surface area contributed by atoms with Crippen LogP contribution in [0.15, 0.2) is 41.5 Å². The third-order valence-corrected chi connectivity index (χ3v) is 2.81. The summed E-state index contributed by atoms with van der Waals surface area (Å²) < 4.78 is 0. The summed E-state index contributed by atoms with van der Waals surface area (Å²) in [4.78, 5) is 24.3. The Morgan fingerprint density at radius 1 is 1.11 bits per heavy atom. The fourth-order valence-corrected chi connectivity index (χ4v) is 1.54.